The highest BCUT2D eigenvalue weighted by Crippen LogP contribution is 2.28. The molecule has 2 N–H and O–H groups in total. The Morgan fingerprint density at radius 1 is 1.15 bits per heavy atom. The zero-order valence-corrected chi connectivity index (χ0v) is 12.2. The number of nitrogens with two attached hydrogens (primary N) is 1. The van der Waals surface area contributed by atoms with Crippen LogP contribution in [-0.2, 0) is 6.42 Å². The predicted molar refractivity (Wildman–Crippen MR) is 85.4 cm³/mol. The summed E-state index contributed by atoms with van der Waals surface area (Å²) in [7, 11) is 0. The van der Waals surface area contributed by atoms with E-state index < -0.39 is 0 Å². The van der Waals surface area contributed by atoms with E-state index in [1.807, 2.05) is 18.2 Å². The van der Waals surface area contributed by atoms with Crippen molar-refractivity contribution in [3.63, 3.8) is 0 Å². The van der Waals surface area contributed by atoms with Gasteiger partial charge in [0.15, 0.2) is 0 Å². The van der Waals surface area contributed by atoms with Gasteiger partial charge in [-0.15, -0.1) is 0 Å². The van der Waals surface area contributed by atoms with Crippen LogP contribution in [-0.4, -0.2) is 13.1 Å². The third-order valence-corrected chi connectivity index (χ3v) is 4.21. The molecule has 0 saturated heterocycles. The number of nitrogens with zero attached hydrogens (tertiary/aromatic N) is 1. The maximum absolute atomic E-state index is 6.28. The van der Waals surface area contributed by atoms with Crippen LogP contribution in [0.3, 0.4) is 0 Å². The second-order valence-corrected chi connectivity index (χ2v) is 5.75. The van der Waals surface area contributed by atoms with Gasteiger partial charge in [0.05, 0.1) is 0 Å². The fourth-order valence-electron chi connectivity index (χ4n) is 2.84. The average Bonchev–Trinajstić information content (AvgIpc) is 2.88. The van der Waals surface area contributed by atoms with E-state index in [0.29, 0.717) is 0 Å². The summed E-state index contributed by atoms with van der Waals surface area (Å²) in [4.78, 5) is 2.43. The molecular formula is C17H19ClN2. The SMILES string of the molecule is NC(CCN1CCc2ccccc21)c1cccc(Cl)c1. The highest BCUT2D eigenvalue weighted by atomic mass is 35.5. The molecule has 2 aromatic carbocycles. The van der Waals surface area contributed by atoms with Crippen molar-refractivity contribution in [3.05, 3.63) is 64.7 Å². The molecule has 20 heavy (non-hydrogen) atoms. The third-order valence-electron chi connectivity index (χ3n) is 3.97. The molecule has 0 amide bonds. The number of para-hydroxylation sites is 1. The summed E-state index contributed by atoms with van der Waals surface area (Å²) in [5, 5.41) is 0.754. The van der Waals surface area contributed by atoms with E-state index >= 15 is 0 Å². The molecule has 0 saturated carbocycles. The molecule has 1 heterocycles. The van der Waals surface area contributed by atoms with Gasteiger partial charge in [-0.05, 0) is 42.2 Å². The minimum atomic E-state index is 0.0430. The van der Waals surface area contributed by atoms with Crippen LogP contribution in [0, 0.1) is 0 Å². The van der Waals surface area contributed by atoms with E-state index in [2.05, 4.69) is 35.2 Å². The topological polar surface area (TPSA) is 29.3 Å². The number of benzene rings is 2. The first-order chi connectivity index (χ1) is 9.74. The number of hydrogen-bond donors (Lipinski definition) is 1. The summed E-state index contributed by atoms with van der Waals surface area (Å²) in [6.07, 6.45) is 2.08. The van der Waals surface area contributed by atoms with Crippen LogP contribution in [0.2, 0.25) is 5.02 Å². The normalized spacial score (nSPS) is 15.2. The van der Waals surface area contributed by atoms with Gasteiger partial charge in [0.25, 0.3) is 0 Å². The van der Waals surface area contributed by atoms with E-state index in [1.165, 1.54) is 11.3 Å². The molecule has 1 aliphatic rings. The van der Waals surface area contributed by atoms with E-state index in [0.717, 1.165) is 36.5 Å². The number of anilines is 1. The van der Waals surface area contributed by atoms with Gasteiger partial charge in [0.2, 0.25) is 0 Å². The standard InChI is InChI=1S/C17H19ClN2/c18-15-6-3-5-14(12-15)16(19)9-11-20-10-8-13-4-1-2-7-17(13)20/h1-7,12,16H,8-11,19H2. The monoisotopic (exact) mass is 286 g/mol. The molecule has 1 atom stereocenters. The zero-order chi connectivity index (χ0) is 13.9. The lowest BCUT2D eigenvalue weighted by atomic mass is 10.0. The molecule has 3 rings (SSSR count). The van der Waals surface area contributed by atoms with Gasteiger partial charge < -0.3 is 10.6 Å². The summed E-state index contributed by atoms with van der Waals surface area (Å²) in [5.74, 6) is 0. The van der Waals surface area contributed by atoms with Crippen molar-refractivity contribution in [2.75, 3.05) is 18.0 Å². The summed E-state index contributed by atoms with van der Waals surface area (Å²) in [6.45, 7) is 2.09. The quantitative estimate of drug-likeness (QED) is 0.926. The highest BCUT2D eigenvalue weighted by molar-refractivity contribution is 6.30. The molecule has 1 aliphatic heterocycles. The summed E-state index contributed by atoms with van der Waals surface area (Å²) in [5.41, 5.74) is 10.2. The molecule has 0 spiro atoms. The van der Waals surface area contributed by atoms with E-state index in [4.69, 9.17) is 17.3 Å². The van der Waals surface area contributed by atoms with Gasteiger partial charge in [-0.25, -0.2) is 0 Å². The Labute approximate surface area is 125 Å². The van der Waals surface area contributed by atoms with Crippen molar-refractivity contribution in [1.82, 2.24) is 0 Å². The fraction of sp³-hybridized carbons (Fsp3) is 0.294. The Hall–Kier alpha value is -1.51. The van der Waals surface area contributed by atoms with Gasteiger partial charge >= 0.3 is 0 Å². The highest BCUT2D eigenvalue weighted by Gasteiger charge is 2.18. The molecular weight excluding hydrogens is 268 g/mol. The molecule has 0 bridgehead atoms. The number of rotatable bonds is 4. The smallest absolute Gasteiger partial charge is 0.0409 e. The van der Waals surface area contributed by atoms with Crippen LogP contribution in [0.15, 0.2) is 48.5 Å². The van der Waals surface area contributed by atoms with Crippen molar-refractivity contribution in [2.45, 2.75) is 18.9 Å². The predicted octanol–water partition coefficient (Wildman–Crippen LogP) is 3.79. The summed E-state index contributed by atoms with van der Waals surface area (Å²) >= 11 is 6.02. The van der Waals surface area contributed by atoms with Crippen molar-refractivity contribution < 1.29 is 0 Å². The van der Waals surface area contributed by atoms with E-state index in [-0.39, 0.29) is 6.04 Å². The first kappa shape index (κ1) is 13.5. The molecule has 2 aromatic rings. The Bertz CT molecular complexity index is 597. The molecule has 3 heteroatoms. The van der Waals surface area contributed by atoms with Crippen LogP contribution in [0.4, 0.5) is 5.69 Å². The molecule has 0 aromatic heterocycles. The third kappa shape index (κ3) is 2.82. The number of fused-ring (bicyclic) bond motifs is 1. The Balaban J connectivity index is 1.63. The van der Waals surface area contributed by atoms with Gasteiger partial charge in [-0.1, -0.05) is 41.9 Å². The molecule has 1 unspecified atom stereocenters. The van der Waals surface area contributed by atoms with Gasteiger partial charge in [0, 0.05) is 29.8 Å². The maximum Gasteiger partial charge on any atom is 0.0409 e. The van der Waals surface area contributed by atoms with Crippen molar-refractivity contribution in [1.29, 1.82) is 0 Å². The molecule has 2 nitrogen and oxygen atoms in total. The Morgan fingerprint density at radius 2 is 2.00 bits per heavy atom. The second-order valence-electron chi connectivity index (χ2n) is 5.32. The molecule has 0 aliphatic carbocycles. The van der Waals surface area contributed by atoms with Crippen molar-refractivity contribution in [2.24, 2.45) is 5.73 Å². The van der Waals surface area contributed by atoms with Crippen LogP contribution in [0.1, 0.15) is 23.6 Å². The zero-order valence-electron chi connectivity index (χ0n) is 11.4. The van der Waals surface area contributed by atoms with E-state index in [9.17, 15) is 0 Å². The van der Waals surface area contributed by atoms with Gasteiger partial charge in [-0.2, -0.15) is 0 Å². The lowest BCUT2D eigenvalue weighted by molar-refractivity contribution is 0.634. The summed E-state index contributed by atoms with van der Waals surface area (Å²) < 4.78 is 0. The number of hydrogen-bond acceptors (Lipinski definition) is 2. The fourth-order valence-corrected chi connectivity index (χ4v) is 3.04. The Kier molecular flexibility index (Phi) is 3.95. The maximum atomic E-state index is 6.28. The van der Waals surface area contributed by atoms with Crippen LogP contribution >= 0.6 is 11.6 Å². The molecule has 0 fully saturated rings. The molecule has 104 valence electrons. The number of halogens is 1. The summed E-state index contributed by atoms with van der Waals surface area (Å²) in [6, 6.07) is 16.5. The van der Waals surface area contributed by atoms with Crippen LogP contribution in [0.25, 0.3) is 0 Å². The lowest BCUT2D eigenvalue weighted by Crippen LogP contribution is -2.25. The largest absolute Gasteiger partial charge is 0.371 e. The van der Waals surface area contributed by atoms with Crippen LogP contribution in [0.5, 0.6) is 0 Å². The lowest BCUT2D eigenvalue weighted by Gasteiger charge is -2.22. The average molecular weight is 287 g/mol. The van der Waals surface area contributed by atoms with E-state index in [1.54, 1.807) is 0 Å². The van der Waals surface area contributed by atoms with Gasteiger partial charge in [-0.3, -0.25) is 0 Å². The molecule has 0 radical (unpaired) electrons. The first-order valence-corrected chi connectivity index (χ1v) is 7.46. The van der Waals surface area contributed by atoms with Crippen LogP contribution < -0.4 is 10.6 Å². The Morgan fingerprint density at radius 3 is 2.85 bits per heavy atom. The first-order valence-electron chi connectivity index (χ1n) is 7.08. The second kappa shape index (κ2) is 5.86. The van der Waals surface area contributed by atoms with Crippen molar-refractivity contribution >= 4 is 17.3 Å². The van der Waals surface area contributed by atoms with Crippen molar-refractivity contribution in [3.8, 4) is 0 Å². The minimum absolute atomic E-state index is 0.0430. The minimum Gasteiger partial charge on any atom is -0.371 e. The van der Waals surface area contributed by atoms with Gasteiger partial charge in [0.1, 0.15) is 0 Å².